The Hall–Kier alpha value is 0.0800. The van der Waals surface area contributed by atoms with E-state index in [0.29, 0.717) is 5.02 Å². The van der Waals surface area contributed by atoms with Gasteiger partial charge in [-0.1, -0.05) is 31.4 Å². The first-order valence-corrected chi connectivity index (χ1v) is 7.76. The van der Waals surface area contributed by atoms with E-state index in [1.165, 1.54) is 12.8 Å². The molecule has 0 bridgehead atoms. The Labute approximate surface area is 127 Å². The third-order valence-corrected chi connectivity index (χ3v) is 5.44. The van der Waals surface area contributed by atoms with Gasteiger partial charge in [-0.15, -0.1) is 11.6 Å². The Bertz CT molecular complexity index is 442. The number of ether oxygens (including phenoxy) is 1. The molecule has 2 rings (SSSR count). The third-order valence-electron chi connectivity index (χ3n) is 3.87. The second-order valence-electron chi connectivity index (χ2n) is 5.23. The van der Waals surface area contributed by atoms with Crippen molar-refractivity contribution < 1.29 is 4.74 Å². The van der Waals surface area contributed by atoms with Crippen LogP contribution in [0.5, 0.6) is 5.75 Å². The van der Waals surface area contributed by atoms with Gasteiger partial charge in [0, 0.05) is 10.6 Å². The van der Waals surface area contributed by atoms with Crippen LogP contribution in [0.25, 0.3) is 0 Å². The van der Waals surface area contributed by atoms with E-state index in [0.717, 1.165) is 28.6 Å². The van der Waals surface area contributed by atoms with Gasteiger partial charge in [0.2, 0.25) is 0 Å². The molecule has 1 aliphatic rings. The zero-order valence-electron chi connectivity index (χ0n) is 10.6. The van der Waals surface area contributed by atoms with Crippen molar-refractivity contribution >= 4 is 39.1 Å². The SMILES string of the molecule is COc1c(Br)cc(Cl)cc1C(Cl)C1(C)CCCC1. The molecule has 4 heteroatoms. The van der Waals surface area contributed by atoms with Gasteiger partial charge < -0.3 is 4.74 Å². The van der Waals surface area contributed by atoms with E-state index in [1.807, 2.05) is 12.1 Å². The third kappa shape index (κ3) is 2.66. The number of benzene rings is 1. The lowest BCUT2D eigenvalue weighted by Gasteiger charge is -2.31. The van der Waals surface area contributed by atoms with Crippen LogP contribution < -0.4 is 4.74 Å². The molecule has 1 aromatic rings. The highest BCUT2D eigenvalue weighted by molar-refractivity contribution is 9.10. The predicted octanol–water partition coefficient (Wildman–Crippen LogP) is 5.97. The number of alkyl halides is 1. The molecule has 0 aliphatic heterocycles. The molecule has 1 atom stereocenters. The Morgan fingerprint density at radius 1 is 1.33 bits per heavy atom. The van der Waals surface area contributed by atoms with Gasteiger partial charge in [-0.25, -0.2) is 0 Å². The van der Waals surface area contributed by atoms with Gasteiger partial charge in [-0.3, -0.25) is 0 Å². The molecule has 1 aromatic carbocycles. The molecule has 18 heavy (non-hydrogen) atoms. The maximum Gasteiger partial charge on any atom is 0.137 e. The van der Waals surface area contributed by atoms with Gasteiger partial charge in [0.15, 0.2) is 0 Å². The summed E-state index contributed by atoms with van der Waals surface area (Å²) >= 11 is 16.3. The summed E-state index contributed by atoms with van der Waals surface area (Å²) in [5, 5.41) is 0.620. The number of rotatable bonds is 3. The molecular weight excluding hydrogens is 335 g/mol. The van der Waals surface area contributed by atoms with E-state index in [-0.39, 0.29) is 10.8 Å². The van der Waals surface area contributed by atoms with Crippen LogP contribution in [0, 0.1) is 5.41 Å². The summed E-state index contributed by atoms with van der Waals surface area (Å²) in [6.45, 7) is 2.26. The highest BCUT2D eigenvalue weighted by Gasteiger charge is 2.38. The van der Waals surface area contributed by atoms with Gasteiger partial charge in [0.25, 0.3) is 0 Å². The van der Waals surface area contributed by atoms with Crippen LogP contribution in [0.15, 0.2) is 16.6 Å². The van der Waals surface area contributed by atoms with E-state index in [1.54, 1.807) is 7.11 Å². The lowest BCUT2D eigenvalue weighted by molar-refractivity contribution is 0.313. The van der Waals surface area contributed by atoms with Crippen LogP contribution in [0.4, 0.5) is 0 Å². The predicted molar refractivity (Wildman–Crippen MR) is 80.9 cm³/mol. The van der Waals surface area contributed by atoms with Crippen molar-refractivity contribution in [3.8, 4) is 5.75 Å². The van der Waals surface area contributed by atoms with Crippen LogP contribution in [-0.4, -0.2) is 7.11 Å². The van der Waals surface area contributed by atoms with Crippen LogP contribution in [0.1, 0.15) is 43.5 Å². The van der Waals surface area contributed by atoms with Gasteiger partial charge in [-0.05, 0) is 46.3 Å². The van der Waals surface area contributed by atoms with Crippen molar-refractivity contribution in [1.82, 2.24) is 0 Å². The molecule has 0 amide bonds. The summed E-state index contributed by atoms with van der Waals surface area (Å²) in [7, 11) is 1.66. The smallest absolute Gasteiger partial charge is 0.137 e. The molecule has 1 nitrogen and oxygen atoms in total. The minimum atomic E-state index is -0.0649. The van der Waals surface area contributed by atoms with E-state index >= 15 is 0 Å². The number of halogens is 3. The summed E-state index contributed by atoms with van der Waals surface area (Å²) in [5.74, 6) is 0.799. The fourth-order valence-electron chi connectivity index (χ4n) is 2.80. The lowest BCUT2D eigenvalue weighted by Crippen LogP contribution is -2.18. The Balaban J connectivity index is 2.43. The van der Waals surface area contributed by atoms with Crippen LogP contribution >= 0.6 is 39.1 Å². The maximum atomic E-state index is 6.72. The molecule has 0 saturated heterocycles. The van der Waals surface area contributed by atoms with E-state index < -0.39 is 0 Å². The second-order valence-corrected chi connectivity index (χ2v) is 6.96. The molecule has 0 radical (unpaired) electrons. The monoisotopic (exact) mass is 350 g/mol. The van der Waals surface area contributed by atoms with E-state index in [9.17, 15) is 0 Å². The summed E-state index contributed by atoms with van der Waals surface area (Å²) in [6, 6.07) is 3.76. The fraction of sp³-hybridized carbons (Fsp3) is 0.571. The second kappa shape index (κ2) is 5.60. The zero-order valence-corrected chi connectivity index (χ0v) is 13.7. The fourth-order valence-corrected chi connectivity index (χ4v) is 4.17. The van der Waals surface area contributed by atoms with Crippen LogP contribution in [0.2, 0.25) is 5.02 Å². The molecule has 1 fully saturated rings. The molecule has 1 aliphatic carbocycles. The van der Waals surface area contributed by atoms with Crippen molar-refractivity contribution in [3.05, 3.63) is 27.2 Å². The number of methoxy groups -OCH3 is 1. The first-order valence-electron chi connectivity index (χ1n) is 6.15. The average molecular weight is 352 g/mol. The quantitative estimate of drug-likeness (QED) is 0.609. The zero-order chi connectivity index (χ0) is 13.3. The Morgan fingerprint density at radius 2 is 1.94 bits per heavy atom. The van der Waals surface area contributed by atoms with Crippen molar-refractivity contribution in [3.63, 3.8) is 0 Å². The maximum absolute atomic E-state index is 6.72. The van der Waals surface area contributed by atoms with Crippen molar-refractivity contribution in [1.29, 1.82) is 0 Å². The summed E-state index contributed by atoms with van der Waals surface area (Å²) in [5.41, 5.74) is 1.13. The van der Waals surface area contributed by atoms with Crippen molar-refractivity contribution in [2.24, 2.45) is 5.41 Å². The van der Waals surface area contributed by atoms with Gasteiger partial charge >= 0.3 is 0 Å². The molecular formula is C14H17BrCl2O. The van der Waals surface area contributed by atoms with E-state index in [2.05, 4.69) is 22.9 Å². The Kier molecular flexibility index (Phi) is 4.51. The average Bonchev–Trinajstić information content (AvgIpc) is 2.75. The highest BCUT2D eigenvalue weighted by Crippen LogP contribution is 2.53. The molecule has 0 N–H and O–H groups in total. The first-order chi connectivity index (χ1) is 8.48. The molecule has 0 spiro atoms. The molecule has 100 valence electrons. The first kappa shape index (κ1) is 14.5. The molecule has 0 heterocycles. The summed E-state index contributed by atoms with van der Waals surface area (Å²) in [6.07, 6.45) is 4.83. The van der Waals surface area contributed by atoms with Crippen molar-refractivity contribution in [2.45, 2.75) is 38.0 Å². The summed E-state index contributed by atoms with van der Waals surface area (Å²) < 4.78 is 6.33. The van der Waals surface area contributed by atoms with Gasteiger partial charge in [0.05, 0.1) is 17.0 Å². The topological polar surface area (TPSA) is 9.23 Å². The summed E-state index contributed by atoms with van der Waals surface area (Å²) in [4.78, 5) is 0. The minimum Gasteiger partial charge on any atom is -0.495 e. The van der Waals surface area contributed by atoms with Gasteiger partial charge in [0.1, 0.15) is 5.75 Å². The minimum absolute atomic E-state index is 0.0649. The van der Waals surface area contributed by atoms with E-state index in [4.69, 9.17) is 27.9 Å². The standard InChI is InChI=1S/C14H17BrCl2O/c1-14(5-3-4-6-14)13(17)10-7-9(16)8-11(15)12(10)18-2/h7-8,13H,3-6H2,1-2H3. The van der Waals surface area contributed by atoms with Crippen LogP contribution in [0.3, 0.4) is 0 Å². The molecule has 1 unspecified atom stereocenters. The number of hydrogen-bond donors (Lipinski definition) is 0. The normalized spacial score (nSPS) is 19.8. The molecule has 1 saturated carbocycles. The van der Waals surface area contributed by atoms with Crippen LogP contribution in [-0.2, 0) is 0 Å². The lowest BCUT2D eigenvalue weighted by atomic mass is 9.81. The Morgan fingerprint density at radius 3 is 2.50 bits per heavy atom. The largest absolute Gasteiger partial charge is 0.495 e. The highest BCUT2D eigenvalue weighted by atomic mass is 79.9. The number of hydrogen-bond acceptors (Lipinski definition) is 1. The van der Waals surface area contributed by atoms with Gasteiger partial charge in [-0.2, -0.15) is 0 Å². The molecule has 0 aromatic heterocycles. The van der Waals surface area contributed by atoms with Crippen molar-refractivity contribution in [2.75, 3.05) is 7.11 Å².